The van der Waals surface area contributed by atoms with E-state index in [4.69, 9.17) is 0 Å². The van der Waals surface area contributed by atoms with Crippen LogP contribution in [0.1, 0.15) is 13.8 Å². The Morgan fingerprint density at radius 1 is 1.36 bits per heavy atom. The van der Waals surface area contributed by atoms with Crippen molar-refractivity contribution in [1.82, 2.24) is 4.98 Å². The van der Waals surface area contributed by atoms with E-state index in [2.05, 4.69) is 4.98 Å². The SMILES string of the molecule is CCP(=O)(CC)CSc1ccccn1. The van der Waals surface area contributed by atoms with Crippen LogP contribution in [-0.2, 0) is 4.57 Å². The first-order valence-corrected chi connectivity index (χ1v) is 8.06. The fourth-order valence-electron chi connectivity index (χ4n) is 1.02. The van der Waals surface area contributed by atoms with Gasteiger partial charge in [0.05, 0.1) is 17.7 Å². The van der Waals surface area contributed by atoms with E-state index in [9.17, 15) is 4.57 Å². The molecule has 0 aliphatic carbocycles. The zero-order valence-corrected chi connectivity index (χ0v) is 10.4. The minimum absolute atomic E-state index is 0.719. The van der Waals surface area contributed by atoms with Crippen molar-refractivity contribution in [3.05, 3.63) is 24.4 Å². The molecular formula is C10H16NOPS. The molecule has 78 valence electrons. The van der Waals surface area contributed by atoms with Gasteiger partial charge in [-0.2, -0.15) is 0 Å². The van der Waals surface area contributed by atoms with Crippen molar-refractivity contribution in [3.63, 3.8) is 0 Å². The van der Waals surface area contributed by atoms with Crippen LogP contribution in [0, 0.1) is 0 Å². The predicted molar refractivity (Wildman–Crippen MR) is 63.6 cm³/mol. The zero-order chi connectivity index (χ0) is 10.4. The summed E-state index contributed by atoms with van der Waals surface area (Å²) < 4.78 is 12.1. The molecule has 0 amide bonds. The second-order valence-corrected chi connectivity index (χ2v) is 8.25. The molecule has 0 radical (unpaired) electrons. The van der Waals surface area contributed by atoms with Crippen molar-refractivity contribution in [1.29, 1.82) is 0 Å². The number of thioether (sulfide) groups is 1. The van der Waals surface area contributed by atoms with E-state index in [0.717, 1.165) is 22.8 Å². The maximum Gasteiger partial charge on any atom is 0.0970 e. The van der Waals surface area contributed by atoms with Crippen molar-refractivity contribution in [3.8, 4) is 0 Å². The van der Waals surface area contributed by atoms with E-state index in [1.807, 2.05) is 32.0 Å². The summed E-state index contributed by atoms with van der Waals surface area (Å²) in [5, 5.41) is 0.967. The van der Waals surface area contributed by atoms with Crippen LogP contribution < -0.4 is 0 Å². The van der Waals surface area contributed by atoms with Crippen LogP contribution in [0.4, 0.5) is 0 Å². The van der Waals surface area contributed by atoms with Gasteiger partial charge in [0.2, 0.25) is 0 Å². The lowest BCUT2D eigenvalue weighted by Crippen LogP contribution is -1.92. The monoisotopic (exact) mass is 229 g/mol. The van der Waals surface area contributed by atoms with Gasteiger partial charge in [0, 0.05) is 6.20 Å². The molecule has 0 N–H and O–H groups in total. The van der Waals surface area contributed by atoms with Gasteiger partial charge in [0.25, 0.3) is 0 Å². The van der Waals surface area contributed by atoms with Crippen LogP contribution in [0.5, 0.6) is 0 Å². The van der Waals surface area contributed by atoms with Gasteiger partial charge < -0.3 is 4.57 Å². The van der Waals surface area contributed by atoms with E-state index in [0.29, 0.717) is 0 Å². The first-order chi connectivity index (χ1) is 6.70. The Balaban J connectivity index is 2.52. The number of aromatic nitrogens is 1. The maximum absolute atomic E-state index is 12.1. The van der Waals surface area contributed by atoms with Crippen molar-refractivity contribution in [2.24, 2.45) is 0 Å². The molecule has 0 aliphatic heterocycles. The first-order valence-electron chi connectivity index (χ1n) is 4.81. The average molecular weight is 229 g/mol. The van der Waals surface area contributed by atoms with Crippen molar-refractivity contribution < 1.29 is 4.57 Å². The molecule has 0 saturated carbocycles. The molecule has 0 fully saturated rings. The fourth-order valence-corrected chi connectivity index (χ4v) is 4.71. The highest BCUT2D eigenvalue weighted by Crippen LogP contribution is 2.48. The second kappa shape index (κ2) is 5.57. The van der Waals surface area contributed by atoms with Crippen molar-refractivity contribution in [2.45, 2.75) is 18.9 Å². The van der Waals surface area contributed by atoms with Gasteiger partial charge >= 0.3 is 0 Å². The lowest BCUT2D eigenvalue weighted by atomic mass is 10.5. The Bertz CT molecular complexity index is 307. The number of pyridine rings is 1. The molecule has 0 unspecified atom stereocenters. The summed E-state index contributed by atoms with van der Waals surface area (Å²) in [6.45, 7) is 4.01. The Morgan fingerprint density at radius 2 is 2.07 bits per heavy atom. The summed E-state index contributed by atoms with van der Waals surface area (Å²) in [5.74, 6) is 0. The normalized spacial score (nSPS) is 11.6. The summed E-state index contributed by atoms with van der Waals surface area (Å²) in [5.41, 5.74) is 0.719. The van der Waals surface area contributed by atoms with Gasteiger partial charge in [-0.25, -0.2) is 4.98 Å². The van der Waals surface area contributed by atoms with Crippen molar-refractivity contribution >= 4 is 18.9 Å². The lowest BCUT2D eigenvalue weighted by molar-refractivity contribution is 0.579. The van der Waals surface area contributed by atoms with Gasteiger partial charge in [-0.1, -0.05) is 31.7 Å². The molecule has 1 aromatic rings. The third-order valence-corrected chi connectivity index (χ3v) is 7.48. The van der Waals surface area contributed by atoms with E-state index in [-0.39, 0.29) is 0 Å². The number of hydrogen-bond acceptors (Lipinski definition) is 3. The van der Waals surface area contributed by atoms with E-state index >= 15 is 0 Å². The molecule has 2 nitrogen and oxygen atoms in total. The maximum atomic E-state index is 12.1. The molecular weight excluding hydrogens is 213 g/mol. The molecule has 14 heavy (non-hydrogen) atoms. The van der Waals surface area contributed by atoms with Gasteiger partial charge in [0.15, 0.2) is 0 Å². The number of hydrogen-bond donors (Lipinski definition) is 0. The summed E-state index contributed by atoms with van der Waals surface area (Å²) >= 11 is 1.60. The van der Waals surface area contributed by atoms with Gasteiger partial charge in [-0.3, -0.25) is 0 Å². The Kier molecular flexibility index (Phi) is 4.70. The molecule has 0 atom stereocenters. The van der Waals surface area contributed by atoms with Gasteiger partial charge in [-0.15, -0.1) is 0 Å². The Morgan fingerprint density at radius 3 is 2.57 bits per heavy atom. The van der Waals surface area contributed by atoms with Crippen LogP contribution in [0.2, 0.25) is 0 Å². The minimum Gasteiger partial charge on any atom is -0.323 e. The molecule has 0 aromatic carbocycles. The predicted octanol–water partition coefficient (Wildman–Crippen LogP) is 3.53. The first kappa shape index (κ1) is 11.8. The lowest BCUT2D eigenvalue weighted by Gasteiger charge is -2.12. The molecule has 0 bridgehead atoms. The van der Waals surface area contributed by atoms with Crippen LogP contribution in [0.15, 0.2) is 29.4 Å². The molecule has 1 aromatic heterocycles. The molecule has 0 saturated heterocycles. The summed E-state index contributed by atoms with van der Waals surface area (Å²) in [4.78, 5) is 4.19. The molecule has 4 heteroatoms. The van der Waals surface area contributed by atoms with E-state index < -0.39 is 7.14 Å². The van der Waals surface area contributed by atoms with Gasteiger partial charge in [-0.05, 0) is 24.5 Å². The highest BCUT2D eigenvalue weighted by Gasteiger charge is 2.17. The van der Waals surface area contributed by atoms with Gasteiger partial charge in [0.1, 0.15) is 0 Å². The molecule has 1 rings (SSSR count). The third kappa shape index (κ3) is 3.47. The third-order valence-electron chi connectivity index (χ3n) is 2.24. The smallest absolute Gasteiger partial charge is 0.0970 e. The standard InChI is InChI=1S/C10H16NOPS/c1-3-13(12,4-2)9-14-10-7-5-6-8-11-10/h5-8H,3-4,9H2,1-2H3. The quantitative estimate of drug-likeness (QED) is 0.571. The largest absolute Gasteiger partial charge is 0.323 e. The highest BCUT2D eigenvalue weighted by molar-refractivity contribution is 8.05. The Labute approximate surface area is 89.9 Å². The van der Waals surface area contributed by atoms with Crippen molar-refractivity contribution in [2.75, 3.05) is 17.8 Å². The Hall–Kier alpha value is -0.270. The minimum atomic E-state index is -1.92. The van der Waals surface area contributed by atoms with Crippen LogP contribution in [-0.4, -0.2) is 22.8 Å². The van der Waals surface area contributed by atoms with Crippen LogP contribution in [0.3, 0.4) is 0 Å². The zero-order valence-electron chi connectivity index (χ0n) is 8.64. The summed E-state index contributed by atoms with van der Waals surface area (Å²) in [6.07, 6.45) is 3.36. The number of nitrogens with zero attached hydrogens (tertiary/aromatic N) is 1. The van der Waals surface area contributed by atoms with E-state index in [1.165, 1.54) is 0 Å². The average Bonchev–Trinajstić information content (AvgIpc) is 2.27. The van der Waals surface area contributed by atoms with E-state index in [1.54, 1.807) is 18.0 Å². The van der Waals surface area contributed by atoms with Crippen LogP contribution in [0.25, 0.3) is 0 Å². The summed E-state index contributed by atoms with van der Waals surface area (Å²) in [7, 11) is -1.92. The molecule has 1 heterocycles. The van der Waals surface area contributed by atoms with Crippen LogP contribution >= 0.6 is 18.9 Å². The fraction of sp³-hybridized carbons (Fsp3) is 0.500. The summed E-state index contributed by atoms with van der Waals surface area (Å²) in [6, 6.07) is 5.81. The topological polar surface area (TPSA) is 30.0 Å². The highest BCUT2D eigenvalue weighted by atomic mass is 32.2. The second-order valence-electron chi connectivity index (χ2n) is 3.13. The number of rotatable bonds is 5. The molecule has 0 aliphatic rings. The molecule has 0 spiro atoms.